The first-order valence-electron chi connectivity index (χ1n) is 9.30. The van der Waals surface area contributed by atoms with E-state index in [1.54, 1.807) is 60.7 Å². The zero-order valence-corrected chi connectivity index (χ0v) is 19.2. The number of carbonyl (C=O) groups excluding carboxylic acids is 1. The van der Waals surface area contributed by atoms with Gasteiger partial charge in [0.1, 0.15) is 12.3 Å². The number of amides is 1. The third-order valence-electron chi connectivity index (χ3n) is 4.32. The second-order valence-corrected chi connectivity index (χ2v) is 9.14. The number of nitrogens with one attached hydrogen (secondary N) is 1. The molecule has 166 valence electrons. The highest BCUT2D eigenvalue weighted by atomic mass is 35.5. The van der Waals surface area contributed by atoms with E-state index in [4.69, 9.17) is 27.9 Å². The predicted molar refractivity (Wildman–Crippen MR) is 126 cm³/mol. The van der Waals surface area contributed by atoms with E-state index in [1.165, 1.54) is 25.5 Å². The van der Waals surface area contributed by atoms with E-state index in [-0.39, 0.29) is 10.6 Å². The molecule has 10 heteroatoms. The van der Waals surface area contributed by atoms with Crippen LogP contribution < -0.4 is 14.5 Å². The van der Waals surface area contributed by atoms with Crippen molar-refractivity contribution in [3.63, 3.8) is 0 Å². The number of methoxy groups -OCH3 is 1. The van der Waals surface area contributed by atoms with Crippen LogP contribution in [0.5, 0.6) is 5.75 Å². The normalized spacial score (nSPS) is 11.3. The molecule has 7 nitrogen and oxygen atoms in total. The van der Waals surface area contributed by atoms with Gasteiger partial charge in [-0.3, -0.25) is 9.10 Å². The summed E-state index contributed by atoms with van der Waals surface area (Å²) in [5, 5.41) is 4.62. The number of para-hydroxylation sites is 2. The van der Waals surface area contributed by atoms with Crippen molar-refractivity contribution in [1.82, 2.24) is 5.43 Å². The van der Waals surface area contributed by atoms with Crippen LogP contribution >= 0.6 is 23.2 Å². The van der Waals surface area contributed by atoms with E-state index in [9.17, 15) is 13.2 Å². The highest BCUT2D eigenvalue weighted by Crippen LogP contribution is 2.32. The first-order chi connectivity index (χ1) is 15.3. The maximum atomic E-state index is 13.3. The number of halogens is 2. The molecule has 1 amide bonds. The van der Waals surface area contributed by atoms with E-state index >= 15 is 0 Å². The van der Waals surface area contributed by atoms with Gasteiger partial charge >= 0.3 is 0 Å². The molecule has 0 unspecified atom stereocenters. The smallest absolute Gasteiger partial charge is 0.264 e. The van der Waals surface area contributed by atoms with E-state index in [0.29, 0.717) is 21.4 Å². The number of anilines is 1. The van der Waals surface area contributed by atoms with Crippen LogP contribution in [-0.4, -0.2) is 34.2 Å². The number of hydrogen-bond acceptors (Lipinski definition) is 5. The third kappa shape index (κ3) is 5.59. The lowest BCUT2D eigenvalue weighted by Crippen LogP contribution is -2.39. The van der Waals surface area contributed by atoms with E-state index in [0.717, 1.165) is 4.31 Å². The van der Waals surface area contributed by atoms with Crippen molar-refractivity contribution in [2.24, 2.45) is 5.10 Å². The van der Waals surface area contributed by atoms with Crippen molar-refractivity contribution in [2.75, 3.05) is 18.0 Å². The van der Waals surface area contributed by atoms with Crippen LogP contribution in [0.1, 0.15) is 5.56 Å². The van der Waals surface area contributed by atoms with Gasteiger partial charge in [-0.25, -0.2) is 13.8 Å². The Labute approximate surface area is 196 Å². The van der Waals surface area contributed by atoms with Crippen LogP contribution in [0.4, 0.5) is 5.69 Å². The Morgan fingerprint density at radius 3 is 2.41 bits per heavy atom. The lowest BCUT2D eigenvalue weighted by Gasteiger charge is -2.25. The van der Waals surface area contributed by atoms with Gasteiger partial charge in [0.15, 0.2) is 0 Å². The molecule has 0 aliphatic rings. The molecule has 0 fully saturated rings. The maximum absolute atomic E-state index is 13.3. The predicted octanol–water partition coefficient (Wildman–Crippen LogP) is 4.35. The molecule has 1 N–H and O–H groups in total. The first kappa shape index (κ1) is 23.6. The lowest BCUT2D eigenvalue weighted by atomic mass is 10.2. The summed E-state index contributed by atoms with van der Waals surface area (Å²) in [7, 11) is -2.64. The monoisotopic (exact) mass is 491 g/mol. The van der Waals surface area contributed by atoms with Gasteiger partial charge in [-0.15, -0.1) is 0 Å². The van der Waals surface area contributed by atoms with Gasteiger partial charge in [-0.1, -0.05) is 59.6 Å². The summed E-state index contributed by atoms with van der Waals surface area (Å²) in [4.78, 5) is 12.6. The number of hydrogen-bond donors (Lipinski definition) is 1. The minimum Gasteiger partial charge on any atom is -0.495 e. The molecule has 3 aromatic rings. The molecule has 32 heavy (non-hydrogen) atoms. The number of rotatable bonds is 8. The second-order valence-electron chi connectivity index (χ2n) is 6.46. The molecule has 0 aliphatic heterocycles. The zero-order valence-electron chi connectivity index (χ0n) is 16.9. The number of benzene rings is 3. The van der Waals surface area contributed by atoms with Crippen LogP contribution in [0.2, 0.25) is 10.0 Å². The first-order valence-corrected chi connectivity index (χ1v) is 11.5. The second kappa shape index (κ2) is 10.5. The molecular weight excluding hydrogens is 473 g/mol. The zero-order chi connectivity index (χ0) is 23.1. The maximum Gasteiger partial charge on any atom is 0.264 e. The summed E-state index contributed by atoms with van der Waals surface area (Å²) < 4.78 is 32.9. The van der Waals surface area contributed by atoms with E-state index < -0.39 is 22.5 Å². The summed E-state index contributed by atoms with van der Waals surface area (Å²) in [6.07, 6.45) is 1.37. The Bertz CT molecular complexity index is 1230. The minimum absolute atomic E-state index is 0.0398. The quantitative estimate of drug-likeness (QED) is 0.374. The molecule has 0 saturated carbocycles. The molecule has 0 heterocycles. The Kier molecular flexibility index (Phi) is 7.74. The molecule has 0 bridgehead atoms. The molecule has 0 radical (unpaired) electrons. The Balaban J connectivity index is 1.86. The third-order valence-corrected chi connectivity index (χ3v) is 6.83. The van der Waals surface area contributed by atoms with Gasteiger partial charge in [-0.2, -0.15) is 5.10 Å². The number of nitrogens with zero attached hydrogens (tertiary/aromatic N) is 2. The van der Waals surface area contributed by atoms with Gasteiger partial charge in [0.2, 0.25) is 0 Å². The number of sulfonamides is 1. The molecule has 0 atom stereocenters. The molecule has 3 rings (SSSR count). The Hall–Kier alpha value is -3.07. The Morgan fingerprint density at radius 2 is 1.72 bits per heavy atom. The van der Waals surface area contributed by atoms with Crippen molar-refractivity contribution in [2.45, 2.75) is 4.90 Å². The van der Waals surface area contributed by atoms with Crippen molar-refractivity contribution in [3.8, 4) is 5.75 Å². The van der Waals surface area contributed by atoms with E-state index in [1.807, 2.05) is 0 Å². The number of ether oxygens (including phenoxy) is 1. The van der Waals surface area contributed by atoms with Crippen LogP contribution in [0.3, 0.4) is 0 Å². The van der Waals surface area contributed by atoms with E-state index in [2.05, 4.69) is 10.5 Å². The largest absolute Gasteiger partial charge is 0.495 e. The van der Waals surface area contributed by atoms with Crippen molar-refractivity contribution < 1.29 is 17.9 Å². The molecule has 0 aliphatic carbocycles. The molecule has 3 aromatic carbocycles. The van der Waals surface area contributed by atoms with Gasteiger partial charge < -0.3 is 4.74 Å². The molecule has 0 spiro atoms. The van der Waals surface area contributed by atoms with Gasteiger partial charge in [0.05, 0.1) is 34.0 Å². The fraction of sp³-hybridized carbons (Fsp3) is 0.0909. The van der Waals surface area contributed by atoms with Gasteiger partial charge in [-0.05, 0) is 42.0 Å². The van der Waals surface area contributed by atoms with Crippen molar-refractivity contribution in [1.29, 1.82) is 0 Å². The molecule has 0 saturated heterocycles. The van der Waals surface area contributed by atoms with Crippen molar-refractivity contribution in [3.05, 3.63) is 88.4 Å². The van der Waals surface area contributed by atoms with Crippen LogP contribution in [-0.2, 0) is 14.8 Å². The summed E-state index contributed by atoms with van der Waals surface area (Å²) in [6, 6.07) is 19.2. The number of hydrazone groups is 1. The molecular formula is C22H19Cl2N3O4S. The average Bonchev–Trinajstić information content (AvgIpc) is 2.80. The summed E-state index contributed by atoms with van der Waals surface area (Å²) in [5.74, 6) is -0.342. The summed E-state index contributed by atoms with van der Waals surface area (Å²) in [6.45, 7) is -0.518. The van der Waals surface area contributed by atoms with Crippen LogP contribution in [0.15, 0.2) is 82.8 Å². The van der Waals surface area contributed by atoms with Crippen LogP contribution in [0.25, 0.3) is 0 Å². The van der Waals surface area contributed by atoms with Crippen LogP contribution in [0, 0.1) is 0 Å². The van der Waals surface area contributed by atoms with Crippen molar-refractivity contribution >= 4 is 51.0 Å². The SMILES string of the molecule is COc1ccccc1N(CC(=O)NN=Cc1ccc(Cl)c(Cl)c1)S(=O)(=O)c1ccccc1. The van der Waals surface area contributed by atoms with Gasteiger partial charge in [0, 0.05) is 0 Å². The standard InChI is InChI=1S/C22H19Cl2N3O4S/c1-31-21-10-6-5-9-20(21)27(32(29,30)17-7-3-2-4-8-17)15-22(28)26-25-14-16-11-12-18(23)19(24)13-16/h2-14H,15H2,1H3,(H,26,28). The topological polar surface area (TPSA) is 88.1 Å². The lowest BCUT2D eigenvalue weighted by molar-refractivity contribution is -0.119. The summed E-state index contributed by atoms with van der Waals surface area (Å²) in [5.41, 5.74) is 3.17. The number of carbonyl (C=O) groups is 1. The average molecular weight is 492 g/mol. The highest BCUT2D eigenvalue weighted by molar-refractivity contribution is 7.92. The fourth-order valence-corrected chi connectivity index (χ4v) is 4.55. The minimum atomic E-state index is -4.06. The van der Waals surface area contributed by atoms with Gasteiger partial charge in [0.25, 0.3) is 15.9 Å². The summed E-state index contributed by atoms with van der Waals surface area (Å²) >= 11 is 11.8. The molecule has 0 aromatic heterocycles. The Morgan fingerprint density at radius 1 is 1.03 bits per heavy atom. The fourth-order valence-electron chi connectivity index (χ4n) is 2.79. The highest BCUT2D eigenvalue weighted by Gasteiger charge is 2.29.